The van der Waals surface area contributed by atoms with E-state index in [1.807, 2.05) is 13.1 Å². The van der Waals surface area contributed by atoms with Crippen molar-refractivity contribution in [1.29, 1.82) is 0 Å². The van der Waals surface area contributed by atoms with E-state index in [1.54, 1.807) is 0 Å². The van der Waals surface area contributed by atoms with Crippen molar-refractivity contribution in [1.82, 2.24) is 10.6 Å². The number of amides is 1. The van der Waals surface area contributed by atoms with E-state index < -0.39 is 0 Å². The molecule has 0 bridgehead atoms. The Balaban J connectivity index is 1.89. The summed E-state index contributed by atoms with van der Waals surface area (Å²) in [5.74, 6) is 1.70. The fourth-order valence-corrected chi connectivity index (χ4v) is 1.96. The lowest BCUT2D eigenvalue weighted by Crippen LogP contribution is -2.26. The molecule has 2 N–H and O–H groups in total. The molecule has 0 unspecified atom stereocenters. The molecule has 0 atom stereocenters. The second kappa shape index (κ2) is 7.29. The number of hydrogen-bond donors (Lipinski definition) is 2. The van der Waals surface area contributed by atoms with Gasteiger partial charge in [-0.2, -0.15) is 0 Å². The first-order valence-corrected chi connectivity index (χ1v) is 7.32. The molecule has 1 aliphatic carbocycles. The van der Waals surface area contributed by atoms with Crippen LogP contribution in [-0.4, -0.2) is 26.1 Å². The number of ether oxygens (including phenoxy) is 1. The van der Waals surface area contributed by atoms with Crippen LogP contribution < -0.4 is 15.4 Å². The Morgan fingerprint density at radius 2 is 2.20 bits per heavy atom. The van der Waals surface area contributed by atoms with Crippen molar-refractivity contribution in [2.24, 2.45) is 5.92 Å². The second-order valence-corrected chi connectivity index (χ2v) is 5.50. The van der Waals surface area contributed by atoms with E-state index in [4.69, 9.17) is 4.74 Å². The second-order valence-electron chi connectivity index (χ2n) is 5.50. The first-order valence-electron chi connectivity index (χ1n) is 7.32. The number of benzene rings is 1. The molecular formula is C16H24N2O2. The van der Waals surface area contributed by atoms with Gasteiger partial charge < -0.3 is 15.4 Å². The molecule has 1 saturated carbocycles. The molecule has 1 amide bonds. The fraction of sp³-hybridized carbons (Fsp3) is 0.562. The number of carbonyl (C=O) groups is 1. The lowest BCUT2D eigenvalue weighted by Gasteiger charge is -2.13. The van der Waals surface area contributed by atoms with Crippen LogP contribution in [0.1, 0.15) is 30.4 Å². The third-order valence-corrected chi connectivity index (χ3v) is 3.47. The van der Waals surface area contributed by atoms with Crippen molar-refractivity contribution >= 4 is 5.91 Å². The molecule has 1 aliphatic rings. The van der Waals surface area contributed by atoms with E-state index in [2.05, 4.69) is 29.7 Å². The highest BCUT2D eigenvalue weighted by Crippen LogP contribution is 2.30. The van der Waals surface area contributed by atoms with Crippen LogP contribution in [0, 0.1) is 12.8 Å². The zero-order valence-electron chi connectivity index (χ0n) is 12.4. The van der Waals surface area contributed by atoms with Gasteiger partial charge in [-0.25, -0.2) is 0 Å². The molecule has 0 aromatic heterocycles. The smallest absolute Gasteiger partial charge is 0.221 e. The van der Waals surface area contributed by atoms with Gasteiger partial charge in [-0.15, -0.1) is 0 Å². The molecule has 1 aromatic rings. The van der Waals surface area contributed by atoms with Gasteiger partial charge in [0.1, 0.15) is 5.75 Å². The molecule has 2 rings (SSSR count). The highest BCUT2D eigenvalue weighted by atomic mass is 16.5. The SMILES string of the molecule is CNCCC(=O)NCc1ccc(C)cc1OCC1CC1. The predicted molar refractivity (Wildman–Crippen MR) is 79.8 cm³/mol. The maximum Gasteiger partial charge on any atom is 0.221 e. The lowest BCUT2D eigenvalue weighted by atomic mass is 10.1. The normalized spacial score (nSPS) is 14.1. The molecule has 20 heavy (non-hydrogen) atoms. The molecule has 0 saturated heterocycles. The highest BCUT2D eigenvalue weighted by molar-refractivity contribution is 5.76. The molecular weight excluding hydrogens is 252 g/mol. The maximum atomic E-state index is 11.6. The minimum atomic E-state index is 0.0630. The zero-order valence-corrected chi connectivity index (χ0v) is 12.4. The Hall–Kier alpha value is -1.55. The van der Waals surface area contributed by atoms with Crippen molar-refractivity contribution in [3.63, 3.8) is 0 Å². The zero-order chi connectivity index (χ0) is 14.4. The largest absolute Gasteiger partial charge is 0.493 e. The standard InChI is InChI=1S/C16H24N2O2/c1-12-3-6-14(10-18-16(19)7-8-17-2)15(9-12)20-11-13-4-5-13/h3,6,9,13,17H,4-5,7-8,10-11H2,1-2H3,(H,18,19). The maximum absolute atomic E-state index is 11.6. The third kappa shape index (κ3) is 4.85. The summed E-state index contributed by atoms with van der Waals surface area (Å²) in [6, 6.07) is 6.15. The van der Waals surface area contributed by atoms with Crippen LogP contribution in [0.25, 0.3) is 0 Å². The van der Waals surface area contributed by atoms with Crippen molar-refractivity contribution in [3.05, 3.63) is 29.3 Å². The van der Waals surface area contributed by atoms with Crippen molar-refractivity contribution < 1.29 is 9.53 Å². The Bertz CT molecular complexity index is 456. The van der Waals surface area contributed by atoms with Crippen LogP contribution in [0.3, 0.4) is 0 Å². The summed E-state index contributed by atoms with van der Waals surface area (Å²) in [7, 11) is 1.84. The molecule has 0 heterocycles. The summed E-state index contributed by atoms with van der Waals surface area (Å²) in [5, 5.41) is 5.91. The molecule has 1 fully saturated rings. The molecule has 4 nitrogen and oxygen atoms in total. The first-order chi connectivity index (χ1) is 9.69. The molecule has 4 heteroatoms. The van der Waals surface area contributed by atoms with Gasteiger partial charge >= 0.3 is 0 Å². The van der Waals surface area contributed by atoms with Gasteiger partial charge in [0.25, 0.3) is 0 Å². The van der Waals surface area contributed by atoms with E-state index in [0.29, 0.717) is 19.5 Å². The number of rotatable bonds is 8. The molecule has 0 radical (unpaired) electrons. The minimum Gasteiger partial charge on any atom is -0.493 e. The Labute approximate surface area is 120 Å². The monoisotopic (exact) mass is 276 g/mol. The summed E-state index contributed by atoms with van der Waals surface area (Å²) in [5.41, 5.74) is 2.23. The number of hydrogen-bond acceptors (Lipinski definition) is 3. The average Bonchev–Trinajstić information content (AvgIpc) is 3.26. The third-order valence-electron chi connectivity index (χ3n) is 3.47. The van der Waals surface area contributed by atoms with Crippen molar-refractivity contribution in [3.8, 4) is 5.75 Å². The number of aryl methyl sites for hydroxylation is 1. The topological polar surface area (TPSA) is 50.4 Å². The van der Waals surface area contributed by atoms with Crippen LogP contribution in [0.15, 0.2) is 18.2 Å². The first kappa shape index (κ1) is 14.9. The molecule has 0 aliphatic heterocycles. The average molecular weight is 276 g/mol. The van der Waals surface area contributed by atoms with Crippen molar-refractivity contribution in [2.45, 2.75) is 32.7 Å². The Kier molecular flexibility index (Phi) is 5.41. The Morgan fingerprint density at radius 1 is 1.40 bits per heavy atom. The summed E-state index contributed by atoms with van der Waals surface area (Å²) < 4.78 is 5.89. The highest BCUT2D eigenvalue weighted by Gasteiger charge is 2.22. The minimum absolute atomic E-state index is 0.0630. The van der Waals surface area contributed by atoms with Gasteiger partial charge in [-0.1, -0.05) is 12.1 Å². The van der Waals surface area contributed by atoms with Gasteiger partial charge in [-0.05, 0) is 44.4 Å². The van der Waals surface area contributed by atoms with Crippen LogP contribution >= 0.6 is 0 Å². The predicted octanol–water partition coefficient (Wildman–Crippen LogP) is 2.01. The van der Waals surface area contributed by atoms with E-state index >= 15 is 0 Å². The summed E-state index contributed by atoms with van der Waals surface area (Å²) in [6.45, 7) is 4.08. The van der Waals surface area contributed by atoms with E-state index in [9.17, 15) is 4.79 Å². The molecule has 110 valence electrons. The van der Waals surface area contributed by atoms with Gasteiger partial charge in [0.15, 0.2) is 0 Å². The van der Waals surface area contributed by atoms with Crippen LogP contribution in [0.2, 0.25) is 0 Å². The van der Waals surface area contributed by atoms with Gasteiger partial charge in [-0.3, -0.25) is 4.79 Å². The van der Waals surface area contributed by atoms with Gasteiger partial charge in [0, 0.05) is 25.1 Å². The fourth-order valence-electron chi connectivity index (χ4n) is 1.96. The van der Waals surface area contributed by atoms with Gasteiger partial charge in [0.2, 0.25) is 5.91 Å². The van der Waals surface area contributed by atoms with Crippen molar-refractivity contribution in [2.75, 3.05) is 20.2 Å². The molecule has 1 aromatic carbocycles. The van der Waals surface area contributed by atoms with E-state index in [1.165, 1.54) is 18.4 Å². The summed E-state index contributed by atoms with van der Waals surface area (Å²) >= 11 is 0. The molecule has 0 spiro atoms. The number of carbonyl (C=O) groups excluding carboxylic acids is 1. The van der Waals surface area contributed by atoms with Crippen LogP contribution in [0.4, 0.5) is 0 Å². The lowest BCUT2D eigenvalue weighted by molar-refractivity contribution is -0.121. The van der Waals surface area contributed by atoms with Crippen LogP contribution in [-0.2, 0) is 11.3 Å². The summed E-state index contributed by atoms with van der Waals surface area (Å²) in [6.07, 6.45) is 3.06. The Morgan fingerprint density at radius 3 is 2.90 bits per heavy atom. The van der Waals surface area contributed by atoms with E-state index in [0.717, 1.165) is 23.8 Å². The summed E-state index contributed by atoms with van der Waals surface area (Å²) in [4.78, 5) is 11.6. The van der Waals surface area contributed by atoms with Gasteiger partial charge in [0.05, 0.1) is 6.61 Å². The van der Waals surface area contributed by atoms with Crippen LogP contribution in [0.5, 0.6) is 5.75 Å². The quantitative estimate of drug-likeness (QED) is 0.763. The number of nitrogens with one attached hydrogen (secondary N) is 2. The van der Waals surface area contributed by atoms with E-state index in [-0.39, 0.29) is 5.91 Å².